The molecule has 3 nitrogen and oxygen atoms in total. The van der Waals surface area contributed by atoms with Crippen LogP contribution in [0.5, 0.6) is 5.75 Å². The van der Waals surface area contributed by atoms with Crippen LogP contribution in [-0.4, -0.2) is 13.2 Å². The molecule has 0 aliphatic carbocycles. The van der Waals surface area contributed by atoms with E-state index in [1.165, 1.54) is 0 Å². The van der Waals surface area contributed by atoms with E-state index in [2.05, 4.69) is 23.7 Å². The molecule has 2 unspecified atom stereocenters. The lowest BCUT2D eigenvalue weighted by Crippen LogP contribution is -2.27. The van der Waals surface area contributed by atoms with Gasteiger partial charge in [0.2, 0.25) is 0 Å². The summed E-state index contributed by atoms with van der Waals surface area (Å²) in [5.74, 6) is 0.744. The van der Waals surface area contributed by atoms with E-state index in [-0.39, 0.29) is 12.1 Å². The molecule has 3 rings (SSSR count). The fraction of sp³-hybridized carbons (Fsp3) is 0.250. The van der Waals surface area contributed by atoms with Crippen molar-refractivity contribution in [3.63, 3.8) is 0 Å². The predicted octanol–water partition coefficient (Wildman–Crippen LogP) is 3.98. The summed E-state index contributed by atoms with van der Waals surface area (Å²) >= 11 is 6.36. The van der Waals surface area contributed by atoms with Crippen molar-refractivity contribution in [3.8, 4) is 16.9 Å². The van der Waals surface area contributed by atoms with Gasteiger partial charge in [0.1, 0.15) is 11.9 Å². The molecule has 0 bridgehead atoms. The van der Waals surface area contributed by atoms with E-state index in [0.717, 1.165) is 22.4 Å². The molecule has 1 heterocycles. The lowest BCUT2D eigenvalue weighted by molar-refractivity contribution is 0.0339. The molecule has 1 aliphatic heterocycles. The van der Waals surface area contributed by atoms with Gasteiger partial charge in [0.25, 0.3) is 0 Å². The third-order valence-corrected chi connectivity index (χ3v) is 3.81. The Hall–Kier alpha value is -1.55. The van der Waals surface area contributed by atoms with E-state index in [9.17, 15) is 0 Å². The molecule has 104 valence electrons. The predicted molar refractivity (Wildman–Crippen MR) is 79.9 cm³/mol. The molecule has 1 aliphatic rings. The standard InChI is InChI=1S/C16H16ClNO2/c1-10-15(18-19-2)13-8-12(9-14(17)16(13)20-10)11-6-4-3-5-7-11/h3-10,15,18H,1-2H3. The Morgan fingerprint density at radius 3 is 2.60 bits per heavy atom. The zero-order valence-electron chi connectivity index (χ0n) is 11.4. The molecule has 4 heteroatoms. The minimum atomic E-state index is -0.0199. The highest BCUT2D eigenvalue weighted by atomic mass is 35.5. The molecule has 0 saturated carbocycles. The molecule has 0 aromatic heterocycles. The summed E-state index contributed by atoms with van der Waals surface area (Å²) < 4.78 is 5.82. The van der Waals surface area contributed by atoms with Crippen LogP contribution in [0.3, 0.4) is 0 Å². The van der Waals surface area contributed by atoms with Crippen LogP contribution in [0.4, 0.5) is 0 Å². The number of halogens is 1. The maximum atomic E-state index is 6.36. The lowest BCUT2D eigenvalue weighted by atomic mass is 9.98. The molecular weight excluding hydrogens is 274 g/mol. The number of ether oxygens (including phenoxy) is 1. The van der Waals surface area contributed by atoms with Crippen molar-refractivity contribution in [1.82, 2.24) is 5.48 Å². The maximum absolute atomic E-state index is 6.36. The van der Waals surface area contributed by atoms with E-state index in [1.807, 2.05) is 31.2 Å². The lowest BCUT2D eigenvalue weighted by Gasteiger charge is -2.14. The largest absolute Gasteiger partial charge is 0.487 e. The highest BCUT2D eigenvalue weighted by Crippen LogP contribution is 2.44. The molecule has 2 aromatic carbocycles. The van der Waals surface area contributed by atoms with E-state index in [0.29, 0.717) is 5.02 Å². The molecule has 1 N–H and O–H groups in total. The summed E-state index contributed by atoms with van der Waals surface area (Å²) in [6.45, 7) is 2.00. The Labute approximate surface area is 123 Å². The van der Waals surface area contributed by atoms with Crippen LogP contribution in [-0.2, 0) is 4.84 Å². The molecule has 0 amide bonds. The van der Waals surface area contributed by atoms with Gasteiger partial charge in [-0.25, -0.2) is 0 Å². The van der Waals surface area contributed by atoms with E-state index in [1.54, 1.807) is 7.11 Å². The fourth-order valence-electron chi connectivity index (χ4n) is 2.56. The third kappa shape index (κ3) is 2.29. The topological polar surface area (TPSA) is 30.5 Å². The van der Waals surface area contributed by atoms with E-state index in [4.69, 9.17) is 21.2 Å². The van der Waals surface area contributed by atoms with Gasteiger partial charge in [-0.1, -0.05) is 41.9 Å². The number of hydroxylamine groups is 1. The Kier molecular flexibility index (Phi) is 3.66. The average molecular weight is 290 g/mol. The molecule has 2 aromatic rings. The van der Waals surface area contributed by atoms with Crippen molar-refractivity contribution in [2.45, 2.75) is 19.1 Å². The Bertz CT molecular complexity index is 615. The second kappa shape index (κ2) is 5.44. The Morgan fingerprint density at radius 2 is 1.90 bits per heavy atom. The maximum Gasteiger partial charge on any atom is 0.143 e. The summed E-state index contributed by atoms with van der Waals surface area (Å²) in [5.41, 5.74) is 6.22. The van der Waals surface area contributed by atoms with Crippen molar-refractivity contribution >= 4 is 11.6 Å². The molecule has 0 radical (unpaired) electrons. The van der Waals surface area contributed by atoms with Crippen molar-refractivity contribution in [2.75, 3.05) is 7.11 Å². The monoisotopic (exact) mass is 289 g/mol. The smallest absolute Gasteiger partial charge is 0.143 e. The number of hydrogen-bond acceptors (Lipinski definition) is 3. The minimum Gasteiger partial charge on any atom is -0.487 e. The van der Waals surface area contributed by atoms with Crippen LogP contribution < -0.4 is 10.2 Å². The summed E-state index contributed by atoms with van der Waals surface area (Å²) in [6, 6.07) is 14.2. The van der Waals surface area contributed by atoms with Gasteiger partial charge in [-0.3, -0.25) is 0 Å². The first-order valence-corrected chi connectivity index (χ1v) is 6.92. The van der Waals surface area contributed by atoms with Crippen molar-refractivity contribution in [1.29, 1.82) is 0 Å². The first-order valence-electron chi connectivity index (χ1n) is 6.54. The van der Waals surface area contributed by atoms with Gasteiger partial charge < -0.3 is 9.57 Å². The Balaban J connectivity index is 2.08. The summed E-state index contributed by atoms with van der Waals surface area (Å²) in [4.78, 5) is 5.07. The average Bonchev–Trinajstić information content (AvgIpc) is 2.78. The van der Waals surface area contributed by atoms with Crippen molar-refractivity contribution < 1.29 is 9.57 Å². The van der Waals surface area contributed by atoms with E-state index < -0.39 is 0 Å². The highest BCUT2D eigenvalue weighted by molar-refractivity contribution is 6.32. The van der Waals surface area contributed by atoms with Crippen LogP contribution in [0.2, 0.25) is 5.02 Å². The number of benzene rings is 2. The molecule has 0 spiro atoms. The summed E-state index contributed by atoms with van der Waals surface area (Å²) in [7, 11) is 1.60. The van der Waals surface area contributed by atoms with Gasteiger partial charge in [0.05, 0.1) is 18.2 Å². The number of rotatable bonds is 3. The van der Waals surface area contributed by atoms with Gasteiger partial charge in [-0.05, 0) is 30.2 Å². The van der Waals surface area contributed by atoms with Crippen LogP contribution >= 0.6 is 11.6 Å². The minimum absolute atomic E-state index is 0.0174. The number of nitrogens with one attached hydrogen (secondary N) is 1. The van der Waals surface area contributed by atoms with E-state index >= 15 is 0 Å². The third-order valence-electron chi connectivity index (χ3n) is 3.53. The highest BCUT2D eigenvalue weighted by Gasteiger charge is 2.33. The first kappa shape index (κ1) is 13.4. The number of hydrogen-bond donors (Lipinski definition) is 1. The first-order chi connectivity index (χ1) is 9.70. The van der Waals surface area contributed by atoms with Crippen molar-refractivity contribution in [2.24, 2.45) is 0 Å². The molecule has 20 heavy (non-hydrogen) atoms. The SMILES string of the molecule is CONC1c2cc(-c3ccccc3)cc(Cl)c2OC1C. The second-order valence-electron chi connectivity index (χ2n) is 4.87. The van der Waals surface area contributed by atoms with Gasteiger partial charge in [0, 0.05) is 5.56 Å². The molecular formula is C16H16ClNO2. The molecule has 0 saturated heterocycles. The quantitative estimate of drug-likeness (QED) is 0.867. The van der Waals surface area contributed by atoms with Gasteiger partial charge in [0.15, 0.2) is 0 Å². The number of fused-ring (bicyclic) bond motifs is 1. The van der Waals surface area contributed by atoms with Crippen LogP contribution in [0, 0.1) is 0 Å². The van der Waals surface area contributed by atoms with Crippen molar-refractivity contribution in [3.05, 3.63) is 53.1 Å². The Morgan fingerprint density at radius 1 is 1.15 bits per heavy atom. The molecule has 2 atom stereocenters. The summed E-state index contributed by atoms with van der Waals surface area (Å²) in [6.07, 6.45) is -0.0199. The van der Waals surface area contributed by atoms with Gasteiger partial charge in [-0.15, -0.1) is 0 Å². The normalized spacial score (nSPS) is 20.6. The second-order valence-corrected chi connectivity index (χ2v) is 5.27. The zero-order valence-corrected chi connectivity index (χ0v) is 12.1. The molecule has 0 fully saturated rings. The van der Waals surface area contributed by atoms with Gasteiger partial charge in [-0.2, -0.15) is 5.48 Å². The van der Waals surface area contributed by atoms with Crippen LogP contribution in [0.1, 0.15) is 18.5 Å². The fourth-order valence-corrected chi connectivity index (χ4v) is 2.83. The van der Waals surface area contributed by atoms with Crippen LogP contribution in [0.15, 0.2) is 42.5 Å². The zero-order chi connectivity index (χ0) is 14.1. The summed E-state index contributed by atoms with van der Waals surface area (Å²) in [5, 5.41) is 0.633. The van der Waals surface area contributed by atoms with Gasteiger partial charge >= 0.3 is 0 Å². The van der Waals surface area contributed by atoms with Crippen LogP contribution in [0.25, 0.3) is 11.1 Å².